The van der Waals surface area contributed by atoms with E-state index in [-0.39, 0.29) is 23.9 Å². The van der Waals surface area contributed by atoms with Gasteiger partial charge in [0.1, 0.15) is 0 Å². The number of nitrogens with zero attached hydrogens (tertiary/aromatic N) is 4. The molecule has 35 heavy (non-hydrogen) atoms. The number of hydrogen-bond donors (Lipinski definition) is 2. The Labute approximate surface area is 203 Å². The number of piperidine rings is 1. The number of hydrogen-bond acceptors (Lipinski definition) is 4. The number of nitrogens with one attached hydrogen (secondary N) is 2. The predicted molar refractivity (Wildman–Crippen MR) is 133 cm³/mol. The first-order valence-electron chi connectivity index (χ1n) is 12.2. The van der Waals surface area contributed by atoms with Crippen molar-refractivity contribution in [1.82, 2.24) is 24.9 Å². The molecule has 2 bridgehead atoms. The van der Waals surface area contributed by atoms with E-state index >= 15 is 0 Å². The summed E-state index contributed by atoms with van der Waals surface area (Å²) in [7, 11) is 1.77. The molecule has 178 valence electrons. The lowest BCUT2D eigenvalue weighted by atomic mass is 9.84. The summed E-state index contributed by atoms with van der Waals surface area (Å²) < 4.78 is 1.58. The molecule has 0 spiro atoms. The van der Waals surface area contributed by atoms with Gasteiger partial charge in [0.2, 0.25) is 0 Å². The van der Waals surface area contributed by atoms with Crippen molar-refractivity contribution in [2.24, 2.45) is 13.0 Å². The van der Waals surface area contributed by atoms with E-state index in [1.54, 1.807) is 30.1 Å². The molecule has 6 rings (SSSR count). The molecule has 2 N–H and O–H groups in total. The van der Waals surface area contributed by atoms with E-state index in [0.29, 0.717) is 22.9 Å². The Balaban J connectivity index is 1.19. The van der Waals surface area contributed by atoms with Crippen molar-refractivity contribution in [3.05, 3.63) is 77.7 Å². The first kappa shape index (κ1) is 21.6. The number of anilines is 1. The summed E-state index contributed by atoms with van der Waals surface area (Å²) in [5.41, 5.74) is 3.78. The average molecular weight is 469 g/mol. The first-order valence-corrected chi connectivity index (χ1v) is 12.2. The van der Waals surface area contributed by atoms with Gasteiger partial charge in [0.15, 0.2) is 5.69 Å². The van der Waals surface area contributed by atoms with Gasteiger partial charge in [-0.25, -0.2) is 0 Å². The molecule has 0 unspecified atom stereocenters. The third-order valence-corrected chi connectivity index (χ3v) is 7.50. The Morgan fingerprint density at radius 1 is 1.06 bits per heavy atom. The number of carbonyl (C=O) groups excluding carboxylic acids is 2. The molecule has 0 saturated carbocycles. The van der Waals surface area contributed by atoms with Gasteiger partial charge in [-0.15, -0.1) is 0 Å². The van der Waals surface area contributed by atoms with Gasteiger partial charge in [0.05, 0.1) is 23.0 Å². The maximum absolute atomic E-state index is 13.8. The molecule has 2 amide bonds. The summed E-state index contributed by atoms with van der Waals surface area (Å²) in [5, 5.41) is 15.5. The van der Waals surface area contributed by atoms with Crippen LogP contribution in [0.3, 0.4) is 0 Å². The molecule has 2 aliphatic rings. The van der Waals surface area contributed by atoms with Crippen molar-refractivity contribution >= 4 is 28.4 Å². The van der Waals surface area contributed by atoms with E-state index in [0.717, 1.165) is 37.6 Å². The molecule has 2 aliphatic heterocycles. The second-order valence-corrected chi connectivity index (χ2v) is 9.76. The molecular weight excluding hydrogens is 440 g/mol. The highest BCUT2D eigenvalue weighted by molar-refractivity contribution is 6.08. The molecule has 2 atom stereocenters. The molecule has 4 heterocycles. The molecule has 0 radical (unpaired) electrons. The van der Waals surface area contributed by atoms with Crippen molar-refractivity contribution in [2.45, 2.75) is 44.2 Å². The van der Waals surface area contributed by atoms with Crippen LogP contribution < -0.4 is 5.32 Å². The van der Waals surface area contributed by atoms with Crippen molar-refractivity contribution in [3.63, 3.8) is 0 Å². The minimum absolute atomic E-state index is 0.00445. The number of aromatic amines is 1. The predicted octanol–water partition coefficient (Wildman–Crippen LogP) is 4.17. The van der Waals surface area contributed by atoms with Gasteiger partial charge < -0.3 is 10.2 Å². The fourth-order valence-corrected chi connectivity index (χ4v) is 5.95. The molecule has 0 aliphatic carbocycles. The smallest absolute Gasteiger partial charge is 0.276 e. The van der Waals surface area contributed by atoms with Gasteiger partial charge in [0.25, 0.3) is 11.8 Å². The van der Waals surface area contributed by atoms with Crippen LogP contribution in [0.15, 0.2) is 60.9 Å². The minimum Gasteiger partial charge on any atom is -0.333 e. The summed E-state index contributed by atoms with van der Waals surface area (Å²) in [6, 6.07) is 15.7. The molecule has 4 aromatic rings. The number of benzene rings is 2. The molecule has 2 aromatic heterocycles. The Hall–Kier alpha value is -3.94. The van der Waals surface area contributed by atoms with E-state index in [2.05, 4.69) is 43.7 Å². The minimum atomic E-state index is -0.319. The van der Waals surface area contributed by atoms with Crippen LogP contribution in [0.5, 0.6) is 0 Å². The number of H-pyrrole nitrogens is 1. The van der Waals surface area contributed by atoms with Crippen LogP contribution >= 0.6 is 0 Å². The molecule has 2 saturated heterocycles. The van der Waals surface area contributed by atoms with Gasteiger partial charge >= 0.3 is 0 Å². The fraction of sp³-hybridized carbons (Fsp3) is 0.333. The van der Waals surface area contributed by atoms with Crippen LogP contribution in [0.2, 0.25) is 0 Å². The SMILES string of the molecule is Cn1ccc(C(=O)Nc2ccccc2C(=O)N2[C@H]3CC[C@H]2CC(Cc2cccc4[nH]ncc24)C3)n1. The van der Waals surface area contributed by atoms with Gasteiger partial charge in [0, 0.05) is 30.7 Å². The van der Waals surface area contributed by atoms with Crippen LogP contribution in [0.4, 0.5) is 5.69 Å². The molecular formula is C27H28N6O2. The third kappa shape index (κ3) is 3.99. The first-order chi connectivity index (χ1) is 17.1. The van der Waals surface area contributed by atoms with E-state index in [9.17, 15) is 9.59 Å². The number of aryl methyl sites for hydroxylation is 1. The quantitative estimate of drug-likeness (QED) is 0.459. The topological polar surface area (TPSA) is 95.9 Å². The number of carbonyl (C=O) groups is 2. The second kappa shape index (κ2) is 8.69. The Morgan fingerprint density at radius 2 is 1.86 bits per heavy atom. The largest absolute Gasteiger partial charge is 0.333 e. The zero-order valence-corrected chi connectivity index (χ0v) is 19.6. The van der Waals surface area contributed by atoms with Crippen LogP contribution in [-0.4, -0.2) is 48.8 Å². The average Bonchev–Trinajstić information content (AvgIpc) is 3.57. The van der Waals surface area contributed by atoms with Crippen LogP contribution in [-0.2, 0) is 13.5 Å². The van der Waals surface area contributed by atoms with Crippen LogP contribution in [0.1, 0.15) is 52.1 Å². The van der Waals surface area contributed by atoms with E-state index in [1.165, 1.54) is 10.9 Å². The normalized spacial score (nSPS) is 21.4. The van der Waals surface area contributed by atoms with Gasteiger partial charge in [-0.05, 0) is 67.9 Å². The fourth-order valence-electron chi connectivity index (χ4n) is 5.95. The zero-order chi connectivity index (χ0) is 23.9. The van der Waals surface area contributed by atoms with Crippen LogP contribution in [0.25, 0.3) is 10.9 Å². The number of aromatic nitrogens is 4. The van der Waals surface area contributed by atoms with Gasteiger partial charge in [-0.3, -0.25) is 19.4 Å². The summed E-state index contributed by atoms with van der Waals surface area (Å²) in [6.45, 7) is 0. The third-order valence-electron chi connectivity index (χ3n) is 7.50. The van der Waals surface area contributed by atoms with Crippen molar-refractivity contribution in [2.75, 3.05) is 5.32 Å². The molecule has 8 nitrogen and oxygen atoms in total. The second-order valence-electron chi connectivity index (χ2n) is 9.76. The maximum Gasteiger partial charge on any atom is 0.276 e. The lowest BCUT2D eigenvalue weighted by Gasteiger charge is -2.39. The van der Waals surface area contributed by atoms with Gasteiger partial charge in [-0.1, -0.05) is 24.3 Å². The highest BCUT2D eigenvalue weighted by atomic mass is 16.2. The highest BCUT2D eigenvalue weighted by Crippen LogP contribution is 2.41. The number of para-hydroxylation sites is 1. The van der Waals surface area contributed by atoms with Crippen molar-refractivity contribution in [3.8, 4) is 0 Å². The molecule has 2 fully saturated rings. The lowest BCUT2D eigenvalue weighted by Crippen LogP contribution is -2.47. The zero-order valence-electron chi connectivity index (χ0n) is 19.6. The van der Waals surface area contributed by atoms with Crippen molar-refractivity contribution in [1.29, 1.82) is 0 Å². The standard InChI is InChI=1S/C27H28N6O2/c1-32-12-11-25(31-32)26(34)29-23-7-3-2-6-21(23)27(35)33-19-9-10-20(33)15-17(14-19)13-18-5-4-8-24-22(18)16-28-30-24/h2-8,11-12,16-17,19-20H,9-10,13-15H2,1H3,(H,28,30)(H,29,34)/t19-,20-/m0/s1. The van der Waals surface area contributed by atoms with Crippen molar-refractivity contribution < 1.29 is 9.59 Å². The molecule has 8 heteroatoms. The summed E-state index contributed by atoms with van der Waals surface area (Å²) in [6.07, 6.45) is 8.70. The van der Waals surface area contributed by atoms with Crippen LogP contribution in [0, 0.1) is 5.92 Å². The number of fused-ring (bicyclic) bond motifs is 3. The Kier molecular flexibility index (Phi) is 5.36. The maximum atomic E-state index is 13.8. The number of rotatable bonds is 5. The summed E-state index contributed by atoms with van der Waals surface area (Å²) in [5.74, 6) is 0.224. The number of amides is 2. The summed E-state index contributed by atoms with van der Waals surface area (Å²) >= 11 is 0. The van der Waals surface area contributed by atoms with E-state index in [4.69, 9.17) is 0 Å². The monoisotopic (exact) mass is 468 g/mol. The van der Waals surface area contributed by atoms with E-state index < -0.39 is 0 Å². The van der Waals surface area contributed by atoms with Gasteiger partial charge in [-0.2, -0.15) is 10.2 Å². The molecule has 2 aromatic carbocycles. The Bertz CT molecular complexity index is 1390. The highest BCUT2D eigenvalue weighted by Gasteiger charge is 2.43. The summed E-state index contributed by atoms with van der Waals surface area (Å²) in [4.78, 5) is 28.5. The Morgan fingerprint density at radius 3 is 2.63 bits per heavy atom. The van der Waals surface area contributed by atoms with E-state index in [1.807, 2.05) is 24.4 Å². The lowest BCUT2D eigenvalue weighted by molar-refractivity contribution is 0.0526.